The summed E-state index contributed by atoms with van der Waals surface area (Å²) in [7, 11) is 0. The Hall–Kier alpha value is -3.35. The van der Waals surface area contributed by atoms with Crippen LogP contribution in [-0.2, 0) is 16.1 Å². The highest BCUT2D eigenvalue weighted by Gasteiger charge is 2.33. The molecule has 4 rings (SSSR count). The number of nitrogens with zero attached hydrogens (tertiary/aromatic N) is 2. The lowest BCUT2D eigenvalue weighted by atomic mass is 10.1. The number of hydrogen-bond acceptors (Lipinski definition) is 4. The predicted molar refractivity (Wildman–Crippen MR) is 107 cm³/mol. The van der Waals surface area contributed by atoms with Crippen LogP contribution in [0.3, 0.4) is 0 Å². The van der Waals surface area contributed by atoms with Crippen LogP contribution in [0.5, 0.6) is 5.75 Å². The number of fused-ring (bicyclic) bond motifs is 1. The minimum atomic E-state index is -0.470. The lowest BCUT2D eigenvalue weighted by molar-refractivity contribution is -0.132. The molecule has 7 heteroatoms. The van der Waals surface area contributed by atoms with Gasteiger partial charge in [0.25, 0.3) is 5.91 Å². The molecule has 2 N–H and O–H groups in total. The first-order chi connectivity index (χ1) is 14.0. The maximum Gasteiger partial charge on any atom is 0.265 e. The number of rotatable bonds is 7. The smallest absolute Gasteiger partial charge is 0.265 e. The van der Waals surface area contributed by atoms with Gasteiger partial charge in [0.15, 0.2) is 6.61 Å². The Morgan fingerprint density at radius 2 is 1.83 bits per heavy atom. The third-order valence-electron chi connectivity index (χ3n) is 5.26. The van der Waals surface area contributed by atoms with Crippen molar-refractivity contribution in [3.63, 3.8) is 0 Å². The van der Waals surface area contributed by atoms with Crippen LogP contribution >= 0.6 is 0 Å². The number of primary amides is 1. The number of carbonyl (C=O) groups is 3. The third kappa shape index (κ3) is 4.23. The minimum Gasteiger partial charge on any atom is -0.482 e. The van der Waals surface area contributed by atoms with Crippen molar-refractivity contribution in [2.24, 2.45) is 5.73 Å². The van der Waals surface area contributed by atoms with E-state index in [2.05, 4.69) is 0 Å². The number of hydrogen-bond donors (Lipinski definition) is 1. The lowest BCUT2D eigenvalue weighted by Gasteiger charge is -2.30. The van der Waals surface area contributed by atoms with Gasteiger partial charge in [0.05, 0.1) is 5.69 Å². The highest BCUT2D eigenvalue weighted by molar-refractivity contribution is 5.98. The standard InChI is InChI=1S/C22H23N3O4/c23-22(28)16-7-5-15(6-8-16)13-25(17-9-10-17)20(26)11-12-24-18-3-1-2-4-19(18)29-14-21(24)27/h1-8,17H,9-14H2,(H2,23,28). The van der Waals surface area contributed by atoms with Gasteiger partial charge in [-0.2, -0.15) is 0 Å². The van der Waals surface area contributed by atoms with Gasteiger partial charge in [-0.3, -0.25) is 14.4 Å². The fraction of sp³-hybridized carbons (Fsp3) is 0.318. The molecule has 0 radical (unpaired) electrons. The maximum absolute atomic E-state index is 12.9. The van der Waals surface area contributed by atoms with E-state index in [4.69, 9.17) is 10.5 Å². The van der Waals surface area contributed by atoms with Crippen LogP contribution in [-0.4, -0.2) is 41.8 Å². The Bertz CT molecular complexity index is 937. The molecule has 0 spiro atoms. The molecule has 1 saturated carbocycles. The number of para-hydroxylation sites is 2. The fourth-order valence-corrected chi connectivity index (χ4v) is 3.53. The second-order valence-electron chi connectivity index (χ2n) is 7.37. The monoisotopic (exact) mass is 393 g/mol. The molecule has 1 fully saturated rings. The molecule has 0 bridgehead atoms. The molecule has 0 aromatic heterocycles. The molecule has 29 heavy (non-hydrogen) atoms. The van der Waals surface area contributed by atoms with E-state index in [-0.39, 0.29) is 30.9 Å². The van der Waals surface area contributed by atoms with Gasteiger partial charge in [-0.25, -0.2) is 0 Å². The van der Waals surface area contributed by atoms with Crippen molar-refractivity contribution >= 4 is 23.4 Å². The highest BCUT2D eigenvalue weighted by Crippen LogP contribution is 2.32. The summed E-state index contributed by atoms with van der Waals surface area (Å²) in [5, 5.41) is 0. The molecule has 0 unspecified atom stereocenters. The molecule has 2 aromatic rings. The Labute approximate surface area is 169 Å². The van der Waals surface area contributed by atoms with Crippen LogP contribution in [0.2, 0.25) is 0 Å². The van der Waals surface area contributed by atoms with Crippen molar-refractivity contribution in [3.05, 3.63) is 59.7 Å². The number of carbonyl (C=O) groups excluding carboxylic acids is 3. The molecule has 0 saturated heterocycles. The van der Waals surface area contributed by atoms with E-state index in [0.717, 1.165) is 18.4 Å². The summed E-state index contributed by atoms with van der Waals surface area (Å²) in [6.07, 6.45) is 2.23. The normalized spacial score (nSPS) is 15.4. The van der Waals surface area contributed by atoms with Gasteiger partial charge in [-0.15, -0.1) is 0 Å². The van der Waals surface area contributed by atoms with E-state index >= 15 is 0 Å². The Balaban J connectivity index is 1.42. The van der Waals surface area contributed by atoms with Crippen molar-refractivity contribution in [2.75, 3.05) is 18.1 Å². The summed E-state index contributed by atoms with van der Waals surface area (Å²) in [4.78, 5) is 40.0. The van der Waals surface area contributed by atoms with Crippen LogP contribution in [0.4, 0.5) is 5.69 Å². The zero-order valence-corrected chi connectivity index (χ0v) is 16.0. The van der Waals surface area contributed by atoms with Gasteiger partial charge < -0.3 is 20.3 Å². The first kappa shape index (κ1) is 19.0. The zero-order valence-electron chi connectivity index (χ0n) is 16.0. The topological polar surface area (TPSA) is 92.9 Å². The largest absolute Gasteiger partial charge is 0.482 e. The van der Waals surface area contributed by atoms with Gasteiger partial charge in [0.2, 0.25) is 11.8 Å². The Morgan fingerprint density at radius 3 is 2.52 bits per heavy atom. The summed E-state index contributed by atoms with van der Waals surface area (Å²) in [6, 6.07) is 14.6. The lowest BCUT2D eigenvalue weighted by Crippen LogP contribution is -2.42. The van der Waals surface area contributed by atoms with Gasteiger partial charge in [0.1, 0.15) is 5.75 Å². The summed E-state index contributed by atoms with van der Waals surface area (Å²) in [6.45, 7) is 0.793. The summed E-state index contributed by atoms with van der Waals surface area (Å²) >= 11 is 0. The molecule has 150 valence electrons. The number of nitrogens with two attached hydrogens (primary N) is 1. The quantitative estimate of drug-likeness (QED) is 0.780. The van der Waals surface area contributed by atoms with Crippen LogP contribution in [0, 0.1) is 0 Å². The van der Waals surface area contributed by atoms with E-state index in [9.17, 15) is 14.4 Å². The zero-order chi connectivity index (χ0) is 20.4. The van der Waals surface area contributed by atoms with Crippen molar-refractivity contribution in [3.8, 4) is 5.75 Å². The van der Waals surface area contributed by atoms with Gasteiger partial charge >= 0.3 is 0 Å². The molecular formula is C22H23N3O4. The van der Waals surface area contributed by atoms with Crippen LogP contribution in [0.15, 0.2) is 48.5 Å². The molecule has 3 amide bonds. The minimum absolute atomic E-state index is 0.0102. The highest BCUT2D eigenvalue weighted by atomic mass is 16.5. The SMILES string of the molecule is NC(=O)c1ccc(CN(C(=O)CCN2C(=O)COc3ccccc32)C2CC2)cc1. The van der Waals surface area contributed by atoms with Crippen LogP contribution in [0.1, 0.15) is 35.2 Å². The van der Waals surface area contributed by atoms with Gasteiger partial charge in [-0.05, 0) is 42.7 Å². The second kappa shape index (κ2) is 7.95. The maximum atomic E-state index is 12.9. The molecule has 0 atom stereocenters. The van der Waals surface area contributed by atoms with Crippen molar-refractivity contribution < 1.29 is 19.1 Å². The number of amides is 3. The molecule has 2 aliphatic rings. The molecule has 1 aliphatic carbocycles. The molecule has 1 aliphatic heterocycles. The summed E-state index contributed by atoms with van der Waals surface area (Å²) < 4.78 is 5.45. The van der Waals surface area contributed by atoms with E-state index < -0.39 is 5.91 Å². The van der Waals surface area contributed by atoms with Crippen LogP contribution in [0.25, 0.3) is 0 Å². The summed E-state index contributed by atoms with van der Waals surface area (Å²) in [5.41, 5.74) is 7.38. The van der Waals surface area contributed by atoms with E-state index in [1.807, 2.05) is 41.3 Å². The number of benzene rings is 2. The average molecular weight is 393 g/mol. The Morgan fingerprint density at radius 1 is 1.10 bits per heavy atom. The third-order valence-corrected chi connectivity index (χ3v) is 5.26. The first-order valence-electron chi connectivity index (χ1n) is 9.73. The van der Waals surface area contributed by atoms with E-state index in [0.29, 0.717) is 30.1 Å². The molecule has 1 heterocycles. The van der Waals surface area contributed by atoms with Crippen molar-refractivity contribution in [1.29, 1.82) is 0 Å². The number of anilines is 1. The number of ether oxygens (including phenoxy) is 1. The van der Waals surface area contributed by atoms with Crippen molar-refractivity contribution in [1.82, 2.24) is 4.90 Å². The summed E-state index contributed by atoms with van der Waals surface area (Å²) in [5.74, 6) is 0.0648. The van der Waals surface area contributed by atoms with Crippen molar-refractivity contribution in [2.45, 2.75) is 31.8 Å². The first-order valence-corrected chi connectivity index (χ1v) is 9.73. The molecular weight excluding hydrogens is 370 g/mol. The average Bonchev–Trinajstić information content (AvgIpc) is 3.56. The Kier molecular flexibility index (Phi) is 5.20. The molecule has 7 nitrogen and oxygen atoms in total. The fourth-order valence-electron chi connectivity index (χ4n) is 3.53. The second-order valence-corrected chi connectivity index (χ2v) is 7.37. The van der Waals surface area contributed by atoms with E-state index in [1.165, 1.54) is 0 Å². The van der Waals surface area contributed by atoms with Gasteiger partial charge in [-0.1, -0.05) is 24.3 Å². The van der Waals surface area contributed by atoms with Crippen LogP contribution < -0.4 is 15.4 Å². The van der Waals surface area contributed by atoms with E-state index in [1.54, 1.807) is 17.0 Å². The van der Waals surface area contributed by atoms with Gasteiger partial charge in [0, 0.05) is 31.1 Å². The predicted octanol–water partition coefficient (Wildman–Crippen LogP) is 2.09. The molecule has 2 aromatic carbocycles.